The van der Waals surface area contributed by atoms with Gasteiger partial charge in [-0.15, -0.1) is 0 Å². The second kappa shape index (κ2) is 11.1. The van der Waals surface area contributed by atoms with Gasteiger partial charge in [-0.1, -0.05) is 111 Å². The van der Waals surface area contributed by atoms with Gasteiger partial charge in [0.2, 0.25) is 0 Å². The minimum atomic E-state index is 0.305. The topological polar surface area (TPSA) is 22.8 Å². The molecule has 0 aliphatic rings. The zero-order valence-electron chi connectivity index (χ0n) is 25.4. The van der Waals surface area contributed by atoms with Gasteiger partial charge >= 0.3 is 0 Å². The molecule has 0 N–H and O–H groups in total. The summed E-state index contributed by atoms with van der Waals surface area (Å²) in [7, 11) is 0. The summed E-state index contributed by atoms with van der Waals surface area (Å²) < 4.78 is 4.63. The van der Waals surface area contributed by atoms with Crippen LogP contribution in [0.25, 0.3) is 66.8 Å². The predicted octanol–water partition coefficient (Wildman–Crippen LogP) is 11.1. The number of imidazole rings is 1. The number of rotatable bonds is 6. The van der Waals surface area contributed by atoms with Crippen LogP contribution in [0.2, 0.25) is 0 Å². The van der Waals surface area contributed by atoms with Crippen LogP contribution in [0, 0.1) is 0 Å². The van der Waals surface area contributed by atoms with Crippen LogP contribution in [0.4, 0.5) is 0 Å². The number of fused-ring (bicyclic) bond motifs is 3. The highest BCUT2D eigenvalue weighted by molar-refractivity contribution is 6.09. The summed E-state index contributed by atoms with van der Waals surface area (Å²) in [4.78, 5) is 4.93. The van der Waals surface area contributed by atoms with Crippen LogP contribution in [0.15, 0.2) is 158 Å². The molecule has 3 nitrogen and oxygen atoms in total. The summed E-state index contributed by atoms with van der Waals surface area (Å²) in [5.41, 5.74) is 11.9. The summed E-state index contributed by atoms with van der Waals surface area (Å²) in [6, 6.07) is 52.2. The fourth-order valence-corrected chi connectivity index (χ4v) is 6.66. The van der Waals surface area contributed by atoms with Crippen LogP contribution in [0.3, 0.4) is 0 Å². The van der Waals surface area contributed by atoms with Gasteiger partial charge in [0.25, 0.3) is 0 Å². The average Bonchev–Trinajstić information content (AvgIpc) is 3.72. The SMILES string of the molecule is CC(C)c1cc(-c2ccccc2)cc(-c2ccccc2)c1-n1ccnc1-c1ccc(-n2c3ccccc3c3ccccc32)cc1. The lowest BCUT2D eigenvalue weighted by Gasteiger charge is -2.22. The normalized spacial score (nSPS) is 11.5. The van der Waals surface area contributed by atoms with Gasteiger partial charge < -0.3 is 4.57 Å². The monoisotopic (exact) mass is 579 g/mol. The van der Waals surface area contributed by atoms with Crippen molar-refractivity contribution in [3.63, 3.8) is 0 Å². The maximum Gasteiger partial charge on any atom is 0.144 e. The first-order valence-corrected chi connectivity index (χ1v) is 15.6. The molecule has 0 radical (unpaired) electrons. The lowest BCUT2D eigenvalue weighted by molar-refractivity contribution is 0.848. The molecular formula is C42H33N3. The highest BCUT2D eigenvalue weighted by Gasteiger charge is 2.20. The first-order chi connectivity index (χ1) is 22.2. The molecule has 0 unspecified atom stereocenters. The number of para-hydroxylation sites is 2. The largest absolute Gasteiger partial charge is 0.309 e. The van der Waals surface area contributed by atoms with Crippen LogP contribution in [-0.2, 0) is 0 Å². The second-order valence-electron chi connectivity index (χ2n) is 11.9. The fraction of sp³-hybridized carbons (Fsp3) is 0.0714. The van der Waals surface area contributed by atoms with Gasteiger partial charge in [0.15, 0.2) is 0 Å². The van der Waals surface area contributed by atoms with E-state index in [1.807, 2.05) is 6.20 Å². The molecule has 8 aromatic rings. The Hall–Kier alpha value is -5.67. The molecule has 0 amide bonds. The molecular weight excluding hydrogens is 546 g/mol. The van der Waals surface area contributed by atoms with Crippen LogP contribution in [-0.4, -0.2) is 14.1 Å². The third kappa shape index (κ3) is 4.65. The Morgan fingerprint density at radius 3 is 1.73 bits per heavy atom. The molecule has 6 aromatic carbocycles. The van der Waals surface area contributed by atoms with E-state index in [1.165, 1.54) is 55.3 Å². The van der Waals surface area contributed by atoms with E-state index in [1.54, 1.807) is 0 Å². The maximum absolute atomic E-state index is 4.93. The van der Waals surface area contributed by atoms with Gasteiger partial charge in [0.1, 0.15) is 5.82 Å². The molecule has 0 atom stereocenters. The molecule has 8 rings (SSSR count). The molecule has 0 fully saturated rings. The van der Waals surface area contributed by atoms with Crippen molar-refractivity contribution in [3.8, 4) is 45.0 Å². The number of hydrogen-bond acceptors (Lipinski definition) is 1. The van der Waals surface area contributed by atoms with Crippen LogP contribution in [0.5, 0.6) is 0 Å². The Morgan fingerprint density at radius 2 is 1.11 bits per heavy atom. The Morgan fingerprint density at radius 1 is 0.533 bits per heavy atom. The third-order valence-corrected chi connectivity index (χ3v) is 8.80. The van der Waals surface area contributed by atoms with Crippen molar-refractivity contribution < 1.29 is 0 Å². The van der Waals surface area contributed by atoms with Crippen molar-refractivity contribution in [1.82, 2.24) is 14.1 Å². The predicted molar refractivity (Wildman–Crippen MR) is 188 cm³/mol. The maximum atomic E-state index is 4.93. The van der Waals surface area contributed by atoms with Crippen LogP contribution < -0.4 is 0 Å². The molecule has 0 spiro atoms. The minimum absolute atomic E-state index is 0.305. The second-order valence-corrected chi connectivity index (χ2v) is 11.9. The minimum Gasteiger partial charge on any atom is -0.309 e. The standard InChI is InChI=1S/C42H33N3/c1-29(2)37-27-33(30-13-5-3-6-14-30)28-38(31-15-7-4-8-16-31)41(37)44-26-25-43-42(44)32-21-23-34(24-22-32)45-39-19-11-9-17-35(39)36-18-10-12-20-40(36)45/h3-29H,1-2H3. The van der Waals surface area contributed by atoms with Crippen molar-refractivity contribution >= 4 is 21.8 Å². The average molecular weight is 580 g/mol. The summed E-state index contributed by atoms with van der Waals surface area (Å²) in [6.07, 6.45) is 4.02. The zero-order valence-corrected chi connectivity index (χ0v) is 25.4. The van der Waals surface area contributed by atoms with E-state index in [2.05, 4.69) is 175 Å². The van der Waals surface area contributed by atoms with E-state index >= 15 is 0 Å². The van der Waals surface area contributed by atoms with E-state index in [9.17, 15) is 0 Å². The van der Waals surface area contributed by atoms with E-state index in [0.717, 1.165) is 17.1 Å². The third-order valence-electron chi connectivity index (χ3n) is 8.80. The first-order valence-electron chi connectivity index (χ1n) is 15.6. The molecule has 2 aromatic heterocycles. The van der Waals surface area contributed by atoms with Gasteiger partial charge in [-0.05, 0) is 76.7 Å². The molecule has 216 valence electrons. The highest BCUT2D eigenvalue weighted by Crippen LogP contribution is 2.40. The number of hydrogen-bond donors (Lipinski definition) is 0. The first kappa shape index (κ1) is 26.9. The van der Waals surface area contributed by atoms with Gasteiger partial charge in [-0.25, -0.2) is 4.98 Å². The number of benzene rings is 6. The molecule has 0 bridgehead atoms. The highest BCUT2D eigenvalue weighted by atomic mass is 15.1. The number of aromatic nitrogens is 3. The molecule has 3 heteroatoms. The Labute approximate surface area is 263 Å². The molecule has 0 saturated heterocycles. The molecule has 0 saturated carbocycles. The molecule has 0 aliphatic carbocycles. The Kier molecular flexibility index (Phi) is 6.65. The summed E-state index contributed by atoms with van der Waals surface area (Å²) >= 11 is 0. The molecule has 2 heterocycles. The van der Waals surface area contributed by atoms with E-state index in [0.29, 0.717) is 5.92 Å². The lowest BCUT2D eigenvalue weighted by Crippen LogP contribution is -2.06. The smallest absolute Gasteiger partial charge is 0.144 e. The van der Waals surface area contributed by atoms with E-state index in [4.69, 9.17) is 4.98 Å². The molecule has 45 heavy (non-hydrogen) atoms. The van der Waals surface area contributed by atoms with Crippen molar-refractivity contribution in [2.24, 2.45) is 0 Å². The van der Waals surface area contributed by atoms with Gasteiger partial charge in [-0.3, -0.25) is 4.57 Å². The lowest BCUT2D eigenvalue weighted by atomic mass is 9.89. The van der Waals surface area contributed by atoms with Gasteiger partial charge in [0, 0.05) is 40.0 Å². The summed E-state index contributed by atoms with van der Waals surface area (Å²) in [6.45, 7) is 4.55. The summed E-state index contributed by atoms with van der Waals surface area (Å²) in [5.74, 6) is 1.23. The van der Waals surface area contributed by atoms with Gasteiger partial charge in [-0.2, -0.15) is 0 Å². The van der Waals surface area contributed by atoms with Crippen LogP contribution >= 0.6 is 0 Å². The summed E-state index contributed by atoms with van der Waals surface area (Å²) in [5, 5.41) is 2.53. The Balaban J connectivity index is 1.29. The van der Waals surface area contributed by atoms with Crippen molar-refractivity contribution in [2.75, 3.05) is 0 Å². The van der Waals surface area contributed by atoms with Gasteiger partial charge in [0.05, 0.1) is 16.7 Å². The van der Waals surface area contributed by atoms with E-state index in [-0.39, 0.29) is 0 Å². The molecule has 0 aliphatic heterocycles. The number of nitrogens with zero attached hydrogens (tertiary/aromatic N) is 3. The van der Waals surface area contributed by atoms with Crippen molar-refractivity contribution in [3.05, 3.63) is 164 Å². The fourth-order valence-electron chi connectivity index (χ4n) is 6.66. The van der Waals surface area contributed by atoms with Crippen LogP contribution in [0.1, 0.15) is 25.3 Å². The van der Waals surface area contributed by atoms with Crippen molar-refractivity contribution in [1.29, 1.82) is 0 Å². The Bertz CT molecular complexity index is 2220. The quantitative estimate of drug-likeness (QED) is 0.192. The van der Waals surface area contributed by atoms with E-state index < -0.39 is 0 Å². The van der Waals surface area contributed by atoms with Crippen molar-refractivity contribution in [2.45, 2.75) is 19.8 Å². The zero-order chi connectivity index (χ0) is 30.3.